The Morgan fingerprint density at radius 1 is 1.00 bits per heavy atom. The Kier molecular flexibility index (Phi) is 5.67. The molecule has 0 bridgehead atoms. The van der Waals surface area contributed by atoms with Crippen molar-refractivity contribution in [2.45, 2.75) is 72.8 Å². The summed E-state index contributed by atoms with van der Waals surface area (Å²) in [4.78, 5) is 0. The van der Waals surface area contributed by atoms with Gasteiger partial charge >= 0.3 is 0 Å². The van der Waals surface area contributed by atoms with E-state index in [2.05, 4.69) is 34.6 Å². The summed E-state index contributed by atoms with van der Waals surface area (Å²) < 4.78 is 5.64. The minimum absolute atomic E-state index is 0.148. The van der Waals surface area contributed by atoms with Crippen molar-refractivity contribution < 1.29 is 9.84 Å². The van der Waals surface area contributed by atoms with Crippen LogP contribution in [0.15, 0.2) is 0 Å². The van der Waals surface area contributed by atoms with Crippen LogP contribution in [0.1, 0.15) is 66.7 Å². The van der Waals surface area contributed by atoms with Crippen LogP contribution in [0.2, 0.25) is 0 Å². The minimum Gasteiger partial charge on any atom is -0.394 e. The Morgan fingerprint density at radius 2 is 1.56 bits per heavy atom. The van der Waals surface area contributed by atoms with Gasteiger partial charge in [-0.1, -0.05) is 34.6 Å². The van der Waals surface area contributed by atoms with Crippen LogP contribution in [0.25, 0.3) is 0 Å². The average Bonchev–Trinajstić information content (AvgIpc) is 2.23. The van der Waals surface area contributed by atoms with Gasteiger partial charge in [0.25, 0.3) is 0 Å². The monoisotopic (exact) mass is 256 g/mol. The first kappa shape index (κ1) is 16.0. The highest BCUT2D eigenvalue weighted by Gasteiger charge is 2.35. The van der Waals surface area contributed by atoms with E-state index in [0.717, 1.165) is 18.8 Å². The van der Waals surface area contributed by atoms with Gasteiger partial charge in [0.1, 0.15) is 0 Å². The lowest BCUT2D eigenvalue weighted by Gasteiger charge is -2.42. The van der Waals surface area contributed by atoms with E-state index in [1.807, 2.05) is 0 Å². The number of aliphatic hydroxyl groups excluding tert-OH is 1. The molecule has 0 aromatic heterocycles. The zero-order valence-electron chi connectivity index (χ0n) is 13.0. The first-order valence-electron chi connectivity index (χ1n) is 7.47. The van der Waals surface area contributed by atoms with E-state index in [4.69, 9.17) is 9.84 Å². The molecule has 0 saturated heterocycles. The van der Waals surface area contributed by atoms with Crippen LogP contribution in [0.5, 0.6) is 0 Å². The van der Waals surface area contributed by atoms with Crippen LogP contribution < -0.4 is 0 Å². The standard InChI is InChI=1S/C16H32O2/c1-15(2,3)12-16(4,5)13-6-8-14(9-7-13)18-11-10-17/h13-14,17H,6-12H2,1-5H3. The summed E-state index contributed by atoms with van der Waals surface area (Å²) >= 11 is 0. The zero-order chi connectivity index (χ0) is 13.8. The van der Waals surface area contributed by atoms with Gasteiger partial charge in [0.05, 0.1) is 19.3 Å². The van der Waals surface area contributed by atoms with Gasteiger partial charge in [-0.3, -0.25) is 0 Å². The van der Waals surface area contributed by atoms with Gasteiger partial charge in [-0.25, -0.2) is 0 Å². The maximum Gasteiger partial charge on any atom is 0.0701 e. The van der Waals surface area contributed by atoms with E-state index in [-0.39, 0.29) is 6.61 Å². The second-order valence-corrected chi connectivity index (χ2v) is 7.79. The number of aliphatic hydroxyl groups is 1. The fourth-order valence-electron chi connectivity index (χ4n) is 3.74. The van der Waals surface area contributed by atoms with Crippen molar-refractivity contribution in [3.05, 3.63) is 0 Å². The minimum atomic E-state index is 0.148. The van der Waals surface area contributed by atoms with Crippen molar-refractivity contribution in [3.8, 4) is 0 Å². The molecule has 2 nitrogen and oxygen atoms in total. The topological polar surface area (TPSA) is 29.5 Å². The molecule has 0 unspecified atom stereocenters. The lowest BCUT2D eigenvalue weighted by atomic mass is 9.64. The Labute approximate surface area is 113 Å². The molecular weight excluding hydrogens is 224 g/mol. The highest BCUT2D eigenvalue weighted by atomic mass is 16.5. The molecule has 1 fully saturated rings. The average molecular weight is 256 g/mol. The molecule has 0 aromatic carbocycles. The first-order valence-corrected chi connectivity index (χ1v) is 7.47. The lowest BCUT2D eigenvalue weighted by Crippen LogP contribution is -2.34. The van der Waals surface area contributed by atoms with E-state index in [0.29, 0.717) is 23.5 Å². The molecule has 2 heteroatoms. The Bertz CT molecular complexity index is 232. The molecule has 1 N–H and O–H groups in total. The highest BCUT2D eigenvalue weighted by Crippen LogP contribution is 2.45. The molecule has 108 valence electrons. The predicted molar refractivity (Wildman–Crippen MR) is 76.6 cm³/mol. The van der Waals surface area contributed by atoms with Crippen molar-refractivity contribution in [3.63, 3.8) is 0 Å². The van der Waals surface area contributed by atoms with Crippen molar-refractivity contribution in [2.24, 2.45) is 16.7 Å². The highest BCUT2D eigenvalue weighted by molar-refractivity contribution is 4.86. The Morgan fingerprint density at radius 3 is 2.00 bits per heavy atom. The molecule has 1 aliphatic carbocycles. The van der Waals surface area contributed by atoms with Crippen LogP contribution in [0.4, 0.5) is 0 Å². The van der Waals surface area contributed by atoms with E-state index >= 15 is 0 Å². The second-order valence-electron chi connectivity index (χ2n) is 7.79. The predicted octanol–water partition coefficient (Wildman–Crippen LogP) is 4.02. The first-order chi connectivity index (χ1) is 8.24. The van der Waals surface area contributed by atoms with Gasteiger partial charge < -0.3 is 9.84 Å². The van der Waals surface area contributed by atoms with Gasteiger partial charge in [-0.15, -0.1) is 0 Å². The van der Waals surface area contributed by atoms with Crippen LogP contribution in [0, 0.1) is 16.7 Å². The summed E-state index contributed by atoms with van der Waals surface area (Å²) in [6, 6.07) is 0. The summed E-state index contributed by atoms with van der Waals surface area (Å²) in [6.45, 7) is 12.5. The van der Waals surface area contributed by atoms with Crippen molar-refractivity contribution in [1.29, 1.82) is 0 Å². The molecular formula is C16H32O2. The van der Waals surface area contributed by atoms with Crippen LogP contribution in [-0.2, 0) is 4.74 Å². The molecule has 1 aliphatic rings. The third-order valence-electron chi connectivity index (χ3n) is 4.21. The quantitative estimate of drug-likeness (QED) is 0.805. The van der Waals surface area contributed by atoms with E-state index in [9.17, 15) is 0 Å². The summed E-state index contributed by atoms with van der Waals surface area (Å²) in [5, 5.41) is 8.78. The number of ether oxygens (including phenoxy) is 1. The molecule has 1 rings (SSSR count). The van der Waals surface area contributed by atoms with Crippen LogP contribution in [-0.4, -0.2) is 24.4 Å². The molecule has 0 spiro atoms. The third-order valence-corrected chi connectivity index (χ3v) is 4.21. The molecule has 1 saturated carbocycles. The van der Waals surface area contributed by atoms with Gasteiger partial charge in [0, 0.05) is 0 Å². The molecule has 0 aromatic rings. The van der Waals surface area contributed by atoms with Gasteiger partial charge in [0.15, 0.2) is 0 Å². The fraction of sp³-hybridized carbons (Fsp3) is 1.00. The summed E-state index contributed by atoms with van der Waals surface area (Å²) in [5.41, 5.74) is 0.841. The van der Waals surface area contributed by atoms with Gasteiger partial charge in [0.2, 0.25) is 0 Å². The second kappa shape index (κ2) is 6.38. The lowest BCUT2D eigenvalue weighted by molar-refractivity contribution is -0.0177. The van der Waals surface area contributed by atoms with E-state index in [1.165, 1.54) is 19.3 Å². The largest absolute Gasteiger partial charge is 0.394 e. The number of hydrogen-bond donors (Lipinski definition) is 1. The third kappa shape index (κ3) is 5.27. The van der Waals surface area contributed by atoms with E-state index in [1.54, 1.807) is 0 Å². The molecule has 0 radical (unpaired) electrons. The van der Waals surface area contributed by atoms with Gasteiger partial charge in [-0.05, 0) is 48.9 Å². The molecule has 0 aliphatic heterocycles. The maximum atomic E-state index is 8.78. The number of hydrogen-bond acceptors (Lipinski definition) is 2. The Balaban J connectivity index is 2.41. The van der Waals surface area contributed by atoms with E-state index < -0.39 is 0 Å². The van der Waals surface area contributed by atoms with Crippen LogP contribution in [0.3, 0.4) is 0 Å². The van der Waals surface area contributed by atoms with Crippen LogP contribution >= 0.6 is 0 Å². The van der Waals surface area contributed by atoms with Crippen molar-refractivity contribution >= 4 is 0 Å². The smallest absolute Gasteiger partial charge is 0.0701 e. The number of rotatable bonds is 5. The fourth-order valence-corrected chi connectivity index (χ4v) is 3.74. The molecule has 0 amide bonds. The SMILES string of the molecule is CC(C)(C)CC(C)(C)C1CCC(OCCO)CC1. The summed E-state index contributed by atoms with van der Waals surface area (Å²) in [6.07, 6.45) is 6.56. The van der Waals surface area contributed by atoms with Gasteiger partial charge in [-0.2, -0.15) is 0 Å². The maximum absolute atomic E-state index is 8.78. The van der Waals surface area contributed by atoms with Crippen molar-refractivity contribution in [2.75, 3.05) is 13.2 Å². The summed E-state index contributed by atoms with van der Waals surface area (Å²) in [5.74, 6) is 0.825. The zero-order valence-corrected chi connectivity index (χ0v) is 13.0. The molecule has 0 heterocycles. The normalized spacial score (nSPS) is 26.3. The molecule has 0 atom stereocenters. The summed E-state index contributed by atoms with van der Waals surface area (Å²) in [7, 11) is 0. The Hall–Kier alpha value is -0.0800. The molecule has 18 heavy (non-hydrogen) atoms. The van der Waals surface area contributed by atoms with Crippen molar-refractivity contribution in [1.82, 2.24) is 0 Å².